The molecule has 0 aromatic heterocycles. The zero-order valence-corrected chi connectivity index (χ0v) is 14.1. The summed E-state index contributed by atoms with van der Waals surface area (Å²) in [6.07, 6.45) is 2.44. The van der Waals surface area contributed by atoms with Crippen molar-refractivity contribution in [1.82, 2.24) is 10.2 Å². The minimum Gasteiger partial charge on any atom is -0.313 e. The van der Waals surface area contributed by atoms with E-state index in [9.17, 15) is 0 Å². The van der Waals surface area contributed by atoms with E-state index in [1.165, 1.54) is 18.4 Å². The van der Waals surface area contributed by atoms with Crippen molar-refractivity contribution in [3.05, 3.63) is 35.9 Å². The van der Waals surface area contributed by atoms with Gasteiger partial charge in [0.2, 0.25) is 0 Å². The summed E-state index contributed by atoms with van der Waals surface area (Å²) < 4.78 is 0. The highest BCUT2D eigenvalue weighted by atomic mass is 15.1. The molecular weight excluding hydrogens is 244 g/mol. The van der Waals surface area contributed by atoms with Gasteiger partial charge in [0.15, 0.2) is 0 Å². The second kappa shape index (κ2) is 7.80. The Kier molecular flexibility index (Phi) is 6.70. The Labute approximate surface area is 125 Å². The van der Waals surface area contributed by atoms with Crippen LogP contribution in [0.25, 0.3) is 0 Å². The molecule has 1 aromatic rings. The number of nitrogens with zero attached hydrogens (tertiary/aromatic N) is 1. The van der Waals surface area contributed by atoms with Gasteiger partial charge in [-0.25, -0.2) is 0 Å². The van der Waals surface area contributed by atoms with E-state index in [2.05, 4.69) is 82.3 Å². The average molecular weight is 276 g/mol. The molecule has 0 aliphatic heterocycles. The van der Waals surface area contributed by atoms with E-state index in [4.69, 9.17) is 0 Å². The van der Waals surface area contributed by atoms with Crippen molar-refractivity contribution >= 4 is 0 Å². The summed E-state index contributed by atoms with van der Waals surface area (Å²) in [6.45, 7) is 10.4. The maximum atomic E-state index is 3.51. The molecule has 1 N–H and O–H groups in total. The van der Waals surface area contributed by atoms with Gasteiger partial charge in [0.25, 0.3) is 0 Å². The molecule has 2 nitrogen and oxygen atoms in total. The van der Waals surface area contributed by atoms with E-state index >= 15 is 0 Å². The number of hydrogen-bond acceptors (Lipinski definition) is 2. The molecule has 0 saturated heterocycles. The molecule has 0 fully saturated rings. The van der Waals surface area contributed by atoms with Gasteiger partial charge >= 0.3 is 0 Å². The van der Waals surface area contributed by atoms with E-state index in [0.29, 0.717) is 12.1 Å². The van der Waals surface area contributed by atoms with Crippen molar-refractivity contribution in [1.29, 1.82) is 0 Å². The van der Waals surface area contributed by atoms with Crippen LogP contribution in [-0.4, -0.2) is 31.6 Å². The maximum absolute atomic E-state index is 3.51. The minimum absolute atomic E-state index is 0.188. The molecule has 0 amide bonds. The van der Waals surface area contributed by atoms with Gasteiger partial charge in [0.1, 0.15) is 0 Å². The zero-order valence-electron chi connectivity index (χ0n) is 14.1. The quantitative estimate of drug-likeness (QED) is 0.769. The smallest absolute Gasteiger partial charge is 0.0381 e. The van der Waals surface area contributed by atoms with Gasteiger partial charge in [-0.05, 0) is 37.9 Å². The van der Waals surface area contributed by atoms with E-state index in [0.717, 1.165) is 6.54 Å². The standard InChI is InChI=1S/C18H32N2/c1-7-16(8-2)20(6)14-18(3,4)17(19-5)15-12-10-9-11-13-15/h9-13,16-17,19H,7-8,14H2,1-6H3. The lowest BCUT2D eigenvalue weighted by molar-refractivity contribution is 0.122. The van der Waals surface area contributed by atoms with Crippen molar-refractivity contribution < 1.29 is 0 Å². The minimum atomic E-state index is 0.188. The van der Waals surface area contributed by atoms with Crippen molar-refractivity contribution in [2.24, 2.45) is 5.41 Å². The summed E-state index contributed by atoms with van der Waals surface area (Å²) in [5, 5.41) is 3.51. The normalized spacial score (nSPS) is 14.0. The van der Waals surface area contributed by atoms with E-state index in [1.807, 2.05) is 0 Å². The lowest BCUT2D eigenvalue weighted by Crippen LogP contribution is -2.44. The third-order valence-corrected chi connectivity index (χ3v) is 4.43. The summed E-state index contributed by atoms with van der Waals surface area (Å²) in [7, 11) is 4.33. The molecule has 0 spiro atoms. The lowest BCUT2D eigenvalue weighted by Gasteiger charge is -2.40. The molecule has 1 unspecified atom stereocenters. The number of rotatable bonds is 8. The predicted octanol–water partition coefficient (Wildman–Crippen LogP) is 4.09. The van der Waals surface area contributed by atoms with Crippen LogP contribution in [-0.2, 0) is 0 Å². The van der Waals surface area contributed by atoms with Crippen LogP contribution in [0.2, 0.25) is 0 Å². The Morgan fingerprint density at radius 3 is 2.10 bits per heavy atom. The number of benzene rings is 1. The molecule has 0 aliphatic rings. The van der Waals surface area contributed by atoms with Crippen LogP contribution in [0.5, 0.6) is 0 Å². The monoisotopic (exact) mass is 276 g/mol. The molecule has 20 heavy (non-hydrogen) atoms. The fraction of sp³-hybridized carbons (Fsp3) is 0.667. The summed E-state index contributed by atoms with van der Waals surface area (Å²) in [4.78, 5) is 2.52. The van der Waals surface area contributed by atoms with Crippen molar-refractivity contribution in [3.8, 4) is 0 Å². The molecule has 0 aliphatic carbocycles. The second-order valence-corrected chi connectivity index (χ2v) is 6.51. The molecule has 1 rings (SSSR count). The van der Waals surface area contributed by atoms with Crippen LogP contribution in [0.3, 0.4) is 0 Å². The fourth-order valence-electron chi connectivity index (χ4n) is 3.43. The first-order chi connectivity index (χ1) is 9.46. The molecule has 1 atom stereocenters. The first kappa shape index (κ1) is 17.2. The maximum Gasteiger partial charge on any atom is 0.0381 e. The van der Waals surface area contributed by atoms with Crippen LogP contribution in [0.4, 0.5) is 0 Å². The Morgan fingerprint density at radius 1 is 1.10 bits per heavy atom. The first-order valence-corrected chi connectivity index (χ1v) is 7.88. The average Bonchev–Trinajstić information content (AvgIpc) is 2.41. The van der Waals surface area contributed by atoms with Crippen LogP contribution in [0.15, 0.2) is 30.3 Å². The predicted molar refractivity (Wildman–Crippen MR) is 89.0 cm³/mol. The summed E-state index contributed by atoms with van der Waals surface area (Å²) in [5.41, 5.74) is 1.56. The van der Waals surface area contributed by atoms with E-state index < -0.39 is 0 Å². The molecule has 2 heteroatoms. The van der Waals surface area contributed by atoms with Crippen molar-refractivity contribution in [3.63, 3.8) is 0 Å². The van der Waals surface area contributed by atoms with Gasteiger partial charge in [-0.3, -0.25) is 0 Å². The molecule has 114 valence electrons. The Hall–Kier alpha value is -0.860. The third kappa shape index (κ3) is 4.32. The Balaban J connectivity index is 2.84. The van der Waals surface area contributed by atoms with Gasteiger partial charge in [-0.15, -0.1) is 0 Å². The number of hydrogen-bond donors (Lipinski definition) is 1. The Morgan fingerprint density at radius 2 is 1.65 bits per heavy atom. The topological polar surface area (TPSA) is 15.3 Å². The van der Waals surface area contributed by atoms with Gasteiger partial charge in [0.05, 0.1) is 0 Å². The zero-order chi connectivity index (χ0) is 15.2. The van der Waals surface area contributed by atoms with E-state index in [-0.39, 0.29) is 5.41 Å². The van der Waals surface area contributed by atoms with Gasteiger partial charge in [-0.1, -0.05) is 58.0 Å². The third-order valence-electron chi connectivity index (χ3n) is 4.43. The van der Waals surface area contributed by atoms with E-state index in [1.54, 1.807) is 0 Å². The first-order valence-electron chi connectivity index (χ1n) is 7.88. The molecular formula is C18H32N2. The van der Waals surface area contributed by atoms with Crippen LogP contribution < -0.4 is 5.32 Å². The SMILES string of the molecule is CCC(CC)N(C)CC(C)(C)C(NC)c1ccccc1. The lowest BCUT2D eigenvalue weighted by atomic mass is 9.79. The highest BCUT2D eigenvalue weighted by Crippen LogP contribution is 2.34. The molecule has 0 radical (unpaired) electrons. The van der Waals surface area contributed by atoms with Crippen molar-refractivity contribution in [2.45, 2.75) is 52.6 Å². The largest absolute Gasteiger partial charge is 0.313 e. The summed E-state index contributed by atoms with van der Waals surface area (Å²) in [6, 6.07) is 11.8. The summed E-state index contributed by atoms with van der Waals surface area (Å²) in [5.74, 6) is 0. The molecule has 0 saturated carbocycles. The van der Waals surface area contributed by atoms with Gasteiger partial charge < -0.3 is 10.2 Å². The molecule has 0 bridgehead atoms. The van der Waals surface area contributed by atoms with Crippen LogP contribution >= 0.6 is 0 Å². The molecule has 1 aromatic carbocycles. The number of nitrogens with one attached hydrogen (secondary N) is 1. The van der Waals surface area contributed by atoms with Gasteiger partial charge in [-0.2, -0.15) is 0 Å². The fourth-order valence-corrected chi connectivity index (χ4v) is 3.43. The summed E-state index contributed by atoms with van der Waals surface area (Å²) >= 11 is 0. The highest BCUT2D eigenvalue weighted by molar-refractivity contribution is 5.21. The van der Waals surface area contributed by atoms with Crippen LogP contribution in [0, 0.1) is 5.41 Å². The highest BCUT2D eigenvalue weighted by Gasteiger charge is 2.31. The van der Waals surface area contributed by atoms with Crippen LogP contribution in [0.1, 0.15) is 52.1 Å². The van der Waals surface area contributed by atoms with Gasteiger partial charge in [0, 0.05) is 18.6 Å². The molecule has 0 heterocycles. The Bertz CT molecular complexity index is 368. The van der Waals surface area contributed by atoms with Crippen molar-refractivity contribution in [2.75, 3.05) is 20.6 Å². The second-order valence-electron chi connectivity index (χ2n) is 6.51.